The molecular weight excluding hydrogens is 243 g/mol. The Morgan fingerprint density at radius 1 is 1.22 bits per heavy atom. The van der Waals surface area contributed by atoms with Crippen LogP contribution in [0, 0.1) is 13.8 Å². The SMILES string of the molecule is Cc1cc(C)c2c(ccn2C)c1C(=O)C(F)(F)F. The van der Waals surface area contributed by atoms with Crippen molar-refractivity contribution in [3.8, 4) is 0 Å². The summed E-state index contributed by atoms with van der Waals surface area (Å²) < 4.78 is 39.5. The fourth-order valence-corrected chi connectivity index (χ4v) is 2.34. The van der Waals surface area contributed by atoms with Gasteiger partial charge in [-0.15, -0.1) is 0 Å². The number of ketones is 1. The molecule has 0 saturated heterocycles. The molecule has 0 aliphatic heterocycles. The van der Waals surface area contributed by atoms with Crippen LogP contribution >= 0.6 is 0 Å². The van der Waals surface area contributed by atoms with Crippen molar-refractivity contribution in [2.45, 2.75) is 20.0 Å². The minimum absolute atomic E-state index is 0.247. The van der Waals surface area contributed by atoms with E-state index in [2.05, 4.69) is 0 Å². The minimum atomic E-state index is -4.84. The monoisotopic (exact) mass is 255 g/mol. The number of aromatic nitrogens is 1. The minimum Gasteiger partial charge on any atom is -0.350 e. The molecule has 0 bridgehead atoms. The highest BCUT2D eigenvalue weighted by molar-refractivity contribution is 6.12. The number of alkyl halides is 3. The van der Waals surface area contributed by atoms with Gasteiger partial charge in [0.05, 0.1) is 5.52 Å². The Morgan fingerprint density at radius 3 is 2.39 bits per heavy atom. The first-order chi connectivity index (χ1) is 8.23. The van der Waals surface area contributed by atoms with E-state index < -0.39 is 12.0 Å². The van der Waals surface area contributed by atoms with Gasteiger partial charge in [0.1, 0.15) is 0 Å². The third-order valence-corrected chi connectivity index (χ3v) is 3.03. The number of benzene rings is 1. The smallest absolute Gasteiger partial charge is 0.350 e. The van der Waals surface area contributed by atoms with Crippen LogP contribution in [-0.4, -0.2) is 16.5 Å². The summed E-state index contributed by atoms with van der Waals surface area (Å²) in [4.78, 5) is 11.5. The van der Waals surface area contributed by atoms with E-state index in [0.717, 1.165) is 5.56 Å². The molecule has 0 radical (unpaired) electrons. The van der Waals surface area contributed by atoms with Gasteiger partial charge in [-0.3, -0.25) is 4.79 Å². The zero-order valence-corrected chi connectivity index (χ0v) is 10.2. The summed E-state index contributed by atoms with van der Waals surface area (Å²) >= 11 is 0. The second-order valence-corrected chi connectivity index (χ2v) is 4.40. The Kier molecular flexibility index (Phi) is 2.72. The van der Waals surface area contributed by atoms with E-state index in [9.17, 15) is 18.0 Å². The van der Waals surface area contributed by atoms with Crippen LogP contribution in [0.4, 0.5) is 13.2 Å². The van der Waals surface area contributed by atoms with Gasteiger partial charge in [-0.2, -0.15) is 13.2 Å². The molecule has 0 atom stereocenters. The molecule has 0 N–H and O–H groups in total. The summed E-state index contributed by atoms with van der Waals surface area (Å²) in [6.45, 7) is 3.34. The van der Waals surface area contributed by atoms with Crippen LogP contribution in [0.15, 0.2) is 18.3 Å². The molecule has 2 aromatic rings. The summed E-state index contributed by atoms with van der Waals surface area (Å²) in [7, 11) is 1.74. The molecule has 5 heteroatoms. The molecule has 0 fully saturated rings. The van der Waals surface area contributed by atoms with Crippen molar-refractivity contribution in [2.24, 2.45) is 7.05 Å². The lowest BCUT2D eigenvalue weighted by atomic mass is 9.97. The summed E-state index contributed by atoms with van der Waals surface area (Å²) in [6, 6.07) is 3.16. The number of halogens is 3. The van der Waals surface area contributed by atoms with Gasteiger partial charge in [0, 0.05) is 24.2 Å². The molecule has 0 aliphatic carbocycles. The van der Waals surface area contributed by atoms with Gasteiger partial charge in [-0.1, -0.05) is 6.07 Å². The molecule has 1 aromatic heterocycles. The van der Waals surface area contributed by atoms with Crippen LogP contribution in [0.2, 0.25) is 0 Å². The van der Waals surface area contributed by atoms with Gasteiger partial charge in [0.15, 0.2) is 0 Å². The Bertz CT molecular complexity index is 638. The Balaban J connectivity index is 2.83. The van der Waals surface area contributed by atoms with Crippen LogP contribution in [-0.2, 0) is 7.05 Å². The quantitative estimate of drug-likeness (QED) is 0.714. The second kappa shape index (κ2) is 3.86. The highest BCUT2D eigenvalue weighted by Crippen LogP contribution is 2.31. The zero-order chi connectivity index (χ0) is 13.7. The van der Waals surface area contributed by atoms with Crippen molar-refractivity contribution in [1.82, 2.24) is 4.57 Å². The normalized spacial score (nSPS) is 12.1. The maximum Gasteiger partial charge on any atom is 0.454 e. The fraction of sp³-hybridized carbons (Fsp3) is 0.308. The molecular formula is C13H12F3NO. The number of aryl methyl sites for hydroxylation is 3. The summed E-state index contributed by atoms with van der Waals surface area (Å²) in [6.07, 6.45) is -3.19. The number of hydrogen-bond donors (Lipinski definition) is 0. The van der Waals surface area contributed by atoms with Gasteiger partial charge in [-0.25, -0.2) is 0 Å². The van der Waals surface area contributed by atoms with Gasteiger partial charge in [0.25, 0.3) is 5.78 Å². The summed E-state index contributed by atoms with van der Waals surface area (Å²) in [5.74, 6) is -1.78. The van der Waals surface area contributed by atoms with E-state index in [1.165, 1.54) is 6.92 Å². The van der Waals surface area contributed by atoms with Gasteiger partial charge < -0.3 is 4.57 Å². The number of Topliss-reactive ketones (excluding diaryl/α,β-unsaturated/α-hetero) is 1. The average Bonchev–Trinajstić information content (AvgIpc) is 2.59. The van der Waals surface area contributed by atoms with Crippen LogP contribution in [0.1, 0.15) is 21.5 Å². The predicted molar refractivity (Wildman–Crippen MR) is 62.8 cm³/mol. The standard InChI is InChI=1S/C13H12F3NO/c1-7-6-8(2)11-9(4-5-17(11)3)10(7)12(18)13(14,15)16/h4-6H,1-3H3. The van der Waals surface area contributed by atoms with Crippen molar-refractivity contribution >= 4 is 16.7 Å². The zero-order valence-electron chi connectivity index (χ0n) is 10.2. The Labute approximate surface area is 102 Å². The van der Waals surface area contributed by atoms with E-state index in [0.29, 0.717) is 16.5 Å². The first-order valence-corrected chi connectivity index (χ1v) is 5.40. The Hall–Kier alpha value is -1.78. The first-order valence-electron chi connectivity index (χ1n) is 5.40. The van der Waals surface area contributed by atoms with E-state index >= 15 is 0 Å². The van der Waals surface area contributed by atoms with Crippen molar-refractivity contribution in [2.75, 3.05) is 0 Å². The average molecular weight is 255 g/mol. The van der Waals surface area contributed by atoms with Gasteiger partial charge in [-0.05, 0) is 31.0 Å². The number of fused-ring (bicyclic) bond motifs is 1. The van der Waals surface area contributed by atoms with Crippen molar-refractivity contribution in [1.29, 1.82) is 0 Å². The summed E-state index contributed by atoms with van der Waals surface area (Å²) in [5, 5.41) is 0.359. The molecule has 2 nitrogen and oxygen atoms in total. The lowest BCUT2D eigenvalue weighted by Gasteiger charge is -2.12. The fourth-order valence-electron chi connectivity index (χ4n) is 2.34. The second-order valence-electron chi connectivity index (χ2n) is 4.40. The molecule has 18 heavy (non-hydrogen) atoms. The number of carbonyl (C=O) groups excluding carboxylic acids is 1. The highest BCUT2D eigenvalue weighted by atomic mass is 19.4. The molecule has 1 aromatic carbocycles. The third kappa shape index (κ3) is 1.79. The molecule has 0 spiro atoms. The van der Waals surface area contributed by atoms with Crippen molar-refractivity contribution in [3.05, 3.63) is 35.0 Å². The molecule has 0 aliphatic rings. The lowest BCUT2D eigenvalue weighted by Crippen LogP contribution is -2.24. The maximum absolute atomic E-state index is 12.6. The molecule has 2 rings (SSSR count). The third-order valence-electron chi connectivity index (χ3n) is 3.03. The van der Waals surface area contributed by atoms with E-state index in [-0.39, 0.29) is 5.56 Å². The van der Waals surface area contributed by atoms with E-state index in [4.69, 9.17) is 0 Å². The molecule has 0 saturated carbocycles. The number of nitrogens with zero attached hydrogens (tertiary/aromatic N) is 1. The molecule has 96 valence electrons. The molecule has 0 amide bonds. The van der Waals surface area contributed by atoms with E-state index in [1.54, 1.807) is 29.9 Å². The first kappa shape index (κ1) is 12.7. The number of hydrogen-bond acceptors (Lipinski definition) is 1. The van der Waals surface area contributed by atoms with E-state index in [1.807, 2.05) is 6.92 Å². The Morgan fingerprint density at radius 2 is 1.83 bits per heavy atom. The molecule has 1 heterocycles. The highest BCUT2D eigenvalue weighted by Gasteiger charge is 2.41. The topological polar surface area (TPSA) is 22.0 Å². The number of rotatable bonds is 1. The van der Waals surface area contributed by atoms with Crippen LogP contribution in [0.25, 0.3) is 10.9 Å². The maximum atomic E-state index is 12.6. The van der Waals surface area contributed by atoms with Crippen molar-refractivity contribution < 1.29 is 18.0 Å². The summed E-state index contributed by atoms with van der Waals surface area (Å²) in [5.41, 5.74) is 1.62. The number of carbonyl (C=O) groups is 1. The largest absolute Gasteiger partial charge is 0.454 e. The van der Waals surface area contributed by atoms with Gasteiger partial charge in [0.2, 0.25) is 0 Å². The van der Waals surface area contributed by atoms with Crippen molar-refractivity contribution in [3.63, 3.8) is 0 Å². The lowest BCUT2D eigenvalue weighted by molar-refractivity contribution is -0.0884. The van der Waals surface area contributed by atoms with Crippen LogP contribution in [0.5, 0.6) is 0 Å². The van der Waals surface area contributed by atoms with Crippen LogP contribution < -0.4 is 0 Å². The van der Waals surface area contributed by atoms with Gasteiger partial charge >= 0.3 is 6.18 Å². The predicted octanol–water partition coefficient (Wildman–Crippen LogP) is 3.54. The van der Waals surface area contributed by atoms with Crippen LogP contribution in [0.3, 0.4) is 0 Å². The molecule has 0 unspecified atom stereocenters.